The van der Waals surface area contributed by atoms with Gasteiger partial charge in [0, 0.05) is 19.1 Å². The van der Waals surface area contributed by atoms with Crippen molar-refractivity contribution in [3.63, 3.8) is 0 Å². The van der Waals surface area contributed by atoms with Crippen molar-refractivity contribution in [3.8, 4) is 0 Å². The fourth-order valence-electron chi connectivity index (χ4n) is 2.53. The highest BCUT2D eigenvalue weighted by Crippen LogP contribution is 2.18. The number of hydrogen-bond acceptors (Lipinski definition) is 2. The molecular formula is C17H30N2. The number of nitrogens with zero attached hydrogens (tertiary/aromatic N) is 1. The Hall–Kier alpha value is -0.860. The molecule has 1 atom stereocenters. The van der Waals surface area contributed by atoms with Crippen LogP contribution in [0.2, 0.25) is 0 Å². The van der Waals surface area contributed by atoms with E-state index in [1.165, 1.54) is 11.1 Å². The minimum atomic E-state index is 0.346. The largest absolute Gasteiger partial charge is 0.312 e. The molecule has 0 aromatic heterocycles. The summed E-state index contributed by atoms with van der Waals surface area (Å²) in [6.07, 6.45) is 1.11. The maximum atomic E-state index is 3.43. The van der Waals surface area contributed by atoms with Gasteiger partial charge in [-0.15, -0.1) is 0 Å². The van der Waals surface area contributed by atoms with Crippen LogP contribution in [0, 0.1) is 5.41 Å². The second-order valence-electron chi connectivity index (χ2n) is 6.69. The van der Waals surface area contributed by atoms with Crippen molar-refractivity contribution < 1.29 is 0 Å². The third-order valence-electron chi connectivity index (χ3n) is 3.38. The summed E-state index contributed by atoms with van der Waals surface area (Å²) in [4.78, 5) is 2.41. The van der Waals surface area contributed by atoms with Gasteiger partial charge in [0.1, 0.15) is 0 Å². The van der Waals surface area contributed by atoms with Gasteiger partial charge in [0.25, 0.3) is 0 Å². The summed E-state index contributed by atoms with van der Waals surface area (Å²) in [7, 11) is 4.25. The molecule has 0 heterocycles. The second kappa shape index (κ2) is 7.06. The predicted molar refractivity (Wildman–Crippen MR) is 84.6 cm³/mol. The number of aryl methyl sites for hydroxylation is 1. The van der Waals surface area contributed by atoms with E-state index >= 15 is 0 Å². The number of rotatable bonds is 6. The molecule has 0 fully saturated rings. The first kappa shape index (κ1) is 16.2. The first-order chi connectivity index (χ1) is 8.85. The van der Waals surface area contributed by atoms with Crippen LogP contribution in [0.25, 0.3) is 0 Å². The Morgan fingerprint density at radius 2 is 1.74 bits per heavy atom. The van der Waals surface area contributed by atoms with Crippen molar-refractivity contribution in [3.05, 3.63) is 35.4 Å². The van der Waals surface area contributed by atoms with Crippen molar-refractivity contribution in [2.75, 3.05) is 27.2 Å². The van der Waals surface area contributed by atoms with E-state index in [9.17, 15) is 0 Å². The fourth-order valence-corrected chi connectivity index (χ4v) is 2.53. The van der Waals surface area contributed by atoms with Gasteiger partial charge < -0.3 is 10.2 Å². The van der Waals surface area contributed by atoms with Crippen LogP contribution in [0.1, 0.15) is 44.9 Å². The molecule has 0 bridgehead atoms. The van der Waals surface area contributed by atoms with Crippen LogP contribution >= 0.6 is 0 Å². The minimum Gasteiger partial charge on any atom is -0.312 e. The number of benzene rings is 1. The first-order valence-electron chi connectivity index (χ1n) is 7.30. The number of hydrogen-bond donors (Lipinski definition) is 1. The molecule has 1 rings (SSSR count). The van der Waals surface area contributed by atoms with Gasteiger partial charge in [0.15, 0.2) is 0 Å². The summed E-state index contributed by atoms with van der Waals surface area (Å²) >= 11 is 0. The summed E-state index contributed by atoms with van der Waals surface area (Å²) in [5.41, 5.74) is 3.13. The number of nitrogens with one attached hydrogen (secondary N) is 1. The second-order valence-corrected chi connectivity index (χ2v) is 6.69. The van der Waals surface area contributed by atoms with Crippen LogP contribution in [-0.2, 0) is 6.42 Å². The van der Waals surface area contributed by atoms with E-state index in [4.69, 9.17) is 0 Å². The molecule has 0 radical (unpaired) electrons. The van der Waals surface area contributed by atoms with Crippen LogP contribution in [0.3, 0.4) is 0 Å². The molecule has 0 saturated heterocycles. The highest BCUT2D eigenvalue weighted by Gasteiger charge is 2.17. The van der Waals surface area contributed by atoms with Crippen LogP contribution < -0.4 is 5.32 Å². The van der Waals surface area contributed by atoms with Crippen molar-refractivity contribution >= 4 is 0 Å². The molecule has 2 nitrogen and oxygen atoms in total. The van der Waals surface area contributed by atoms with Gasteiger partial charge in [-0.1, -0.05) is 52.0 Å². The van der Waals surface area contributed by atoms with Crippen molar-refractivity contribution in [1.82, 2.24) is 10.2 Å². The number of likely N-dealkylation sites (N-methyl/N-ethyl adjacent to an activating group) is 2. The third kappa shape index (κ3) is 5.75. The van der Waals surface area contributed by atoms with Gasteiger partial charge in [-0.25, -0.2) is 0 Å². The smallest absolute Gasteiger partial charge is 0.0446 e. The Morgan fingerprint density at radius 1 is 1.16 bits per heavy atom. The van der Waals surface area contributed by atoms with Gasteiger partial charge in [0.2, 0.25) is 0 Å². The van der Waals surface area contributed by atoms with Gasteiger partial charge in [0.05, 0.1) is 0 Å². The van der Waals surface area contributed by atoms with E-state index in [-0.39, 0.29) is 0 Å². The third-order valence-corrected chi connectivity index (χ3v) is 3.38. The maximum Gasteiger partial charge on any atom is 0.0446 e. The molecule has 108 valence electrons. The Morgan fingerprint density at radius 3 is 2.16 bits per heavy atom. The molecule has 0 saturated carbocycles. The summed E-state index contributed by atoms with van der Waals surface area (Å²) in [5, 5.41) is 3.43. The molecule has 19 heavy (non-hydrogen) atoms. The summed E-state index contributed by atoms with van der Waals surface area (Å²) in [6.45, 7) is 11.2. The lowest BCUT2D eigenvalue weighted by Crippen LogP contribution is -2.36. The van der Waals surface area contributed by atoms with E-state index in [0.29, 0.717) is 11.5 Å². The molecule has 2 heteroatoms. The summed E-state index contributed by atoms with van der Waals surface area (Å²) in [6, 6.07) is 9.39. The molecule has 1 N–H and O–H groups in total. The lowest BCUT2D eigenvalue weighted by atomic mass is 9.95. The molecule has 1 aromatic carbocycles. The zero-order valence-electron chi connectivity index (χ0n) is 13.5. The molecular weight excluding hydrogens is 232 g/mol. The molecule has 1 aromatic rings. The van der Waals surface area contributed by atoms with Gasteiger partial charge in [-0.05, 0) is 37.1 Å². The van der Waals surface area contributed by atoms with Crippen LogP contribution in [0.5, 0.6) is 0 Å². The van der Waals surface area contributed by atoms with E-state index in [0.717, 1.165) is 19.5 Å². The highest BCUT2D eigenvalue weighted by molar-refractivity contribution is 5.25. The fraction of sp³-hybridized carbons (Fsp3) is 0.647. The highest BCUT2D eigenvalue weighted by atomic mass is 15.1. The van der Waals surface area contributed by atoms with Crippen molar-refractivity contribution in [2.45, 2.75) is 40.2 Å². The molecule has 0 aliphatic rings. The average molecular weight is 262 g/mol. The van der Waals surface area contributed by atoms with E-state index < -0.39 is 0 Å². The zero-order chi connectivity index (χ0) is 14.5. The first-order valence-corrected chi connectivity index (χ1v) is 7.30. The van der Waals surface area contributed by atoms with Gasteiger partial charge in [-0.2, -0.15) is 0 Å². The zero-order valence-corrected chi connectivity index (χ0v) is 13.5. The van der Waals surface area contributed by atoms with Crippen molar-refractivity contribution in [2.24, 2.45) is 5.41 Å². The topological polar surface area (TPSA) is 15.3 Å². The summed E-state index contributed by atoms with van der Waals surface area (Å²) in [5.74, 6) is 0. The van der Waals surface area contributed by atoms with E-state index in [1.807, 2.05) is 7.05 Å². The SMILES string of the molecule is CCc1ccc(C(CN(C)CC(C)(C)C)NC)cc1. The lowest BCUT2D eigenvalue weighted by Gasteiger charge is -2.30. The van der Waals surface area contributed by atoms with Crippen LogP contribution in [-0.4, -0.2) is 32.1 Å². The minimum absolute atomic E-state index is 0.346. The quantitative estimate of drug-likeness (QED) is 0.844. The Bertz CT molecular complexity index is 362. The molecule has 0 aliphatic carbocycles. The van der Waals surface area contributed by atoms with Gasteiger partial charge in [-0.3, -0.25) is 0 Å². The van der Waals surface area contributed by atoms with Crippen LogP contribution in [0.15, 0.2) is 24.3 Å². The molecule has 0 amide bonds. The summed E-state index contributed by atoms with van der Waals surface area (Å²) < 4.78 is 0. The standard InChI is InChI=1S/C17H30N2/c1-7-14-8-10-15(11-9-14)16(18-5)12-19(6)13-17(2,3)4/h8-11,16,18H,7,12-13H2,1-6H3. The van der Waals surface area contributed by atoms with E-state index in [1.54, 1.807) is 0 Å². The Labute approximate surface area is 119 Å². The maximum absolute atomic E-state index is 3.43. The Kier molecular flexibility index (Phi) is 6.02. The predicted octanol–water partition coefficient (Wildman–Crippen LogP) is 3.49. The lowest BCUT2D eigenvalue weighted by molar-refractivity contribution is 0.210. The normalized spacial score (nSPS) is 13.8. The average Bonchev–Trinajstić information content (AvgIpc) is 2.34. The molecule has 0 aliphatic heterocycles. The van der Waals surface area contributed by atoms with Gasteiger partial charge >= 0.3 is 0 Å². The molecule has 0 spiro atoms. The van der Waals surface area contributed by atoms with Crippen molar-refractivity contribution in [1.29, 1.82) is 0 Å². The van der Waals surface area contributed by atoms with E-state index in [2.05, 4.69) is 69.2 Å². The molecule has 1 unspecified atom stereocenters. The Balaban J connectivity index is 2.66. The van der Waals surface area contributed by atoms with Crippen LogP contribution in [0.4, 0.5) is 0 Å². The monoisotopic (exact) mass is 262 g/mol.